The van der Waals surface area contributed by atoms with E-state index in [-0.39, 0.29) is 18.5 Å². The van der Waals surface area contributed by atoms with Crippen molar-refractivity contribution >= 4 is 22.4 Å². The topological polar surface area (TPSA) is 64.9 Å². The van der Waals surface area contributed by atoms with Crippen LogP contribution in [0.4, 0.5) is 5.69 Å². The summed E-state index contributed by atoms with van der Waals surface area (Å²) in [6, 6.07) is 23.3. The van der Waals surface area contributed by atoms with Crippen LogP contribution in [0.15, 0.2) is 66.7 Å². The molecule has 4 nitrogen and oxygen atoms in total. The van der Waals surface area contributed by atoms with Crippen molar-refractivity contribution in [3.8, 4) is 6.07 Å². The molecule has 4 heteroatoms. The van der Waals surface area contributed by atoms with E-state index < -0.39 is 0 Å². The van der Waals surface area contributed by atoms with E-state index in [0.717, 1.165) is 22.0 Å². The van der Waals surface area contributed by atoms with Gasteiger partial charge in [-0.25, -0.2) is 0 Å². The minimum absolute atomic E-state index is 0.0789. The van der Waals surface area contributed by atoms with Gasteiger partial charge in [0.15, 0.2) is 0 Å². The lowest BCUT2D eigenvalue weighted by atomic mass is 10.00. The van der Waals surface area contributed by atoms with Gasteiger partial charge in [0.05, 0.1) is 24.2 Å². The van der Waals surface area contributed by atoms with Crippen LogP contribution in [0.5, 0.6) is 0 Å². The molecule has 0 aliphatic heterocycles. The average molecular weight is 329 g/mol. The van der Waals surface area contributed by atoms with Gasteiger partial charge in [-0.3, -0.25) is 4.79 Å². The molecule has 1 unspecified atom stereocenters. The van der Waals surface area contributed by atoms with Gasteiger partial charge >= 0.3 is 0 Å². The SMILES string of the molecule is CC(NC(=O)CNc1ccc(C#N)cc1)c1cccc2ccccc12. The molecular formula is C21H19N3O. The van der Waals surface area contributed by atoms with E-state index in [1.807, 2.05) is 31.2 Å². The number of benzene rings is 3. The molecule has 1 amide bonds. The first kappa shape index (κ1) is 16.5. The van der Waals surface area contributed by atoms with E-state index in [1.165, 1.54) is 0 Å². The quantitative estimate of drug-likeness (QED) is 0.743. The number of carbonyl (C=O) groups is 1. The Kier molecular flexibility index (Phi) is 4.96. The smallest absolute Gasteiger partial charge is 0.239 e. The maximum absolute atomic E-state index is 12.2. The third-order valence-corrected chi connectivity index (χ3v) is 4.13. The minimum atomic E-state index is -0.0821. The zero-order valence-corrected chi connectivity index (χ0v) is 14.0. The summed E-state index contributed by atoms with van der Waals surface area (Å²) in [6.07, 6.45) is 0. The number of hydrogen-bond acceptors (Lipinski definition) is 3. The van der Waals surface area contributed by atoms with E-state index in [2.05, 4.69) is 34.9 Å². The molecule has 3 aromatic carbocycles. The summed E-state index contributed by atoms with van der Waals surface area (Å²) >= 11 is 0. The predicted octanol–water partition coefficient (Wildman–Crippen LogP) is 4.00. The van der Waals surface area contributed by atoms with Crippen molar-refractivity contribution < 1.29 is 4.79 Å². The summed E-state index contributed by atoms with van der Waals surface area (Å²) in [5.41, 5.74) is 2.51. The van der Waals surface area contributed by atoms with Gasteiger partial charge < -0.3 is 10.6 Å². The summed E-state index contributed by atoms with van der Waals surface area (Å²) < 4.78 is 0. The van der Waals surface area contributed by atoms with Gasteiger partial charge in [-0.1, -0.05) is 42.5 Å². The van der Waals surface area contributed by atoms with Crippen molar-refractivity contribution in [2.24, 2.45) is 0 Å². The second kappa shape index (κ2) is 7.50. The Bertz CT molecular complexity index is 921. The summed E-state index contributed by atoms with van der Waals surface area (Å²) in [7, 11) is 0. The molecule has 0 aliphatic carbocycles. The molecule has 0 radical (unpaired) electrons. The van der Waals surface area contributed by atoms with E-state index in [4.69, 9.17) is 5.26 Å². The number of fused-ring (bicyclic) bond motifs is 1. The van der Waals surface area contributed by atoms with Crippen LogP contribution in [0.2, 0.25) is 0 Å². The fraction of sp³-hybridized carbons (Fsp3) is 0.143. The van der Waals surface area contributed by atoms with Crippen molar-refractivity contribution in [1.82, 2.24) is 5.32 Å². The van der Waals surface area contributed by atoms with Crippen LogP contribution in [0.3, 0.4) is 0 Å². The summed E-state index contributed by atoms with van der Waals surface area (Å²) in [6.45, 7) is 2.17. The van der Waals surface area contributed by atoms with E-state index >= 15 is 0 Å². The molecule has 25 heavy (non-hydrogen) atoms. The van der Waals surface area contributed by atoms with Crippen LogP contribution in [0.25, 0.3) is 10.8 Å². The number of rotatable bonds is 5. The summed E-state index contributed by atoms with van der Waals surface area (Å²) in [5.74, 6) is -0.0789. The third kappa shape index (κ3) is 3.96. The number of carbonyl (C=O) groups excluding carboxylic acids is 1. The van der Waals surface area contributed by atoms with Gasteiger partial charge in [0, 0.05) is 5.69 Å². The lowest BCUT2D eigenvalue weighted by molar-refractivity contribution is -0.120. The first-order chi connectivity index (χ1) is 12.2. The Morgan fingerprint density at radius 2 is 1.76 bits per heavy atom. The molecule has 1 atom stereocenters. The van der Waals surface area contributed by atoms with Crippen molar-refractivity contribution in [3.63, 3.8) is 0 Å². The van der Waals surface area contributed by atoms with Gasteiger partial charge in [-0.05, 0) is 47.5 Å². The molecule has 124 valence electrons. The molecule has 3 rings (SSSR count). The second-order valence-corrected chi connectivity index (χ2v) is 5.90. The average Bonchev–Trinajstić information content (AvgIpc) is 2.66. The van der Waals surface area contributed by atoms with Crippen LogP contribution < -0.4 is 10.6 Å². The Morgan fingerprint density at radius 1 is 1.04 bits per heavy atom. The maximum Gasteiger partial charge on any atom is 0.239 e. The second-order valence-electron chi connectivity index (χ2n) is 5.90. The van der Waals surface area contributed by atoms with Gasteiger partial charge in [0.1, 0.15) is 0 Å². The standard InChI is InChI=1S/C21H19N3O/c1-15(19-8-4-6-17-5-2-3-7-20(17)19)24-21(25)14-23-18-11-9-16(13-22)10-12-18/h2-12,15,23H,14H2,1H3,(H,24,25). The molecule has 0 bridgehead atoms. The van der Waals surface area contributed by atoms with Gasteiger partial charge in [-0.15, -0.1) is 0 Å². The van der Waals surface area contributed by atoms with E-state index in [0.29, 0.717) is 5.56 Å². The highest BCUT2D eigenvalue weighted by molar-refractivity contribution is 5.87. The van der Waals surface area contributed by atoms with E-state index in [9.17, 15) is 4.79 Å². The van der Waals surface area contributed by atoms with Crippen molar-refractivity contribution in [2.45, 2.75) is 13.0 Å². The molecule has 0 saturated heterocycles. The number of amides is 1. The van der Waals surface area contributed by atoms with Gasteiger partial charge in [0.25, 0.3) is 0 Å². The number of nitrogens with one attached hydrogen (secondary N) is 2. The largest absolute Gasteiger partial charge is 0.376 e. The van der Waals surface area contributed by atoms with Gasteiger partial charge in [-0.2, -0.15) is 5.26 Å². The number of nitrogens with zero attached hydrogens (tertiary/aromatic N) is 1. The fourth-order valence-electron chi connectivity index (χ4n) is 2.84. The lowest BCUT2D eigenvalue weighted by Crippen LogP contribution is -2.32. The molecule has 0 aliphatic rings. The minimum Gasteiger partial charge on any atom is -0.376 e. The Morgan fingerprint density at radius 3 is 2.52 bits per heavy atom. The molecule has 2 N–H and O–H groups in total. The van der Waals surface area contributed by atoms with Crippen LogP contribution >= 0.6 is 0 Å². The first-order valence-corrected chi connectivity index (χ1v) is 8.18. The number of anilines is 1. The molecule has 0 heterocycles. The molecule has 0 aromatic heterocycles. The third-order valence-electron chi connectivity index (χ3n) is 4.13. The first-order valence-electron chi connectivity index (χ1n) is 8.18. The summed E-state index contributed by atoms with van der Waals surface area (Å²) in [4.78, 5) is 12.2. The fourth-order valence-corrected chi connectivity index (χ4v) is 2.84. The van der Waals surface area contributed by atoms with Crippen molar-refractivity contribution in [2.75, 3.05) is 11.9 Å². The Labute approximate surface area is 147 Å². The van der Waals surface area contributed by atoms with Crippen molar-refractivity contribution in [1.29, 1.82) is 5.26 Å². The number of nitriles is 1. The Balaban J connectivity index is 1.63. The van der Waals surface area contributed by atoms with Crippen LogP contribution in [0.1, 0.15) is 24.1 Å². The maximum atomic E-state index is 12.2. The molecular weight excluding hydrogens is 310 g/mol. The predicted molar refractivity (Wildman–Crippen MR) is 100 cm³/mol. The molecule has 0 saturated carbocycles. The number of hydrogen-bond donors (Lipinski definition) is 2. The zero-order chi connectivity index (χ0) is 17.6. The molecule has 0 fully saturated rings. The van der Waals surface area contributed by atoms with Crippen LogP contribution in [-0.4, -0.2) is 12.5 Å². The van der Waals surface area contributed by atoms with E-state index in [1.54, 1.807) is 24.3 Å². The van der Waals surface area contributed by atoms with Crippen LogP contribution in [0, 0.1) is 11.3 Å². The highest BCUT2D eigenvalue weighted by Crippen LogP contribution is 2.23. The zero-order valence-electron chi connectivity index (χ0n) is 14.0. The molecule has 3 aromatic rings. The summed E-state index contributed by atoms with van der Waals surface area (Å²) in [5, 5.41) is 17.2. The highest BCUT2D eigenvalue weighted by Gasteiger charge is 2.12. The lowest BCUT2D eigenvalue weighted by Gasteiger charge is -2.17. The normalized spacial score (nSPS) is 11.5. The van der Waals surface area contributed by atoms with Gasteiger partial charge in [0.2, 0.25) is 5.91 Å². The van der Waals surface area contributed by atoms with Crippen molar-refractivity contribution in [3.05, 3.63) is 77.9 Å². The highest BCUT2D eigenvalue weighted by atomic mass is 16.1. The molecule has 0 spiro atoms. The Hall–Kier alpha value is -3.32. The monoisotopic (exact) mass is 329 g/mol. The van der Waals surface area contributed by atoms with Crippen LogP contribution in [-0.2, 0) is 4.79 Å².